The molecule has 1 aromatic heterocycles. The number of hydrogen-bond acceptors (Lipinski definition) is 7. The lowest BCUT2D eigenvalue weighted by atomic mass is 10.2. The summed E-state index contributed by atoms with van der Waals surface area (Å²) in [6, 6.07) is 14.4. The molecule has 1 N–H and O–H groups in total. The Labute approximate surface area is 197 Å². The zero-order chi connectivity index (χ0) is 23.4. The van der Waals surface area contributed by atoms with Gasteiger partial charge in [0.25, 0.3) is 0 Å². The molecule has 3 aromatic rings. The number of hydrogen-bond donors (Lipinski definition) is 1. The smallest absolute Gasteiger partial charge is 0.243 e. The van der Waals surface area contributed by atoms with E-state index >= 15 is 0 Å². The number of piperazine rings is 1. The van der Waals surface area contributed by atoms with Crippen LogP contribution in [0.5, 0.6) is 5.75 Å². The van der Waals surface area contributed by atoms with Crippen LogP contribution >= 0.6 is 11.3 Å². The standard InChI is InChI=1S/C23H26N4O4S2/c1-17-3-9-20(10-4-17)33(29,30)27-13-11-26(12-14-27)15-22(28)25-23-24-21(16-32-23)18-5-7-19(31-2)8-6-18/h3-10,16H,11-15H2,1-2H3,(H,24,25,28). The number of aromatic nitrogens is 1. The van der Waals surface area contributed by atoms with Crippen molar-refractivity contribution in [1.29, 1.82) is 0 Å². The Morgan fingerprint density at radius 2 is 1.73 bits per heavy atom. The zero-order valence-corrected chi connectivity index (χ0v) is 20.2. The molecule has 0 saturated carbocycles. The lowest BCUT2D eigenvalue weighted by Crippen LogP contribution is -2.50. The van der Waals surface area contributed by atoms with E-state index in [4.69, 9.17) is 4.74 Å². The van der Waals surface area contributed by atoms with E-state index in [0.717, 1.165) is 22.6 Å². The van der Waals surface area contributed by atoms with Crippen LogP contribution < -0.4 is 10.1 Å². The Bertz CT molecular complexity index is 1200. The van der Waals surface area contributed by atoms with Crippen LogP contribution in [0.2, 0.25) is 0 Å². The number of thiazole rings is 1. The first-order valence-electron chi connectivity index (χ1n) is 10.5. The average molecular weight is 487 g/mol. The second-order valence-corrected chi connectivity index (χ2v) is 10.6. The van der Waals surface area contributed by atoms with Gasteiger partial charge in [-0.25, -0.2) is 13.4 Å². The van der Waals surface area contributed by atoms with Gasteiger partial charge in [0, 0.05) is 37.1 Å². The van der Waals surface area contributed by atoms with Crippen molar-refractivity contribution in [3.63, 3.8) is 0 Å². The highest BCUT2D eigenvalue weighted by molar-refractivity contribution is 7.89. The van der Waals surface area contributed by atoms with Crippen molar-refractivity contribution in [3.8, 4) is 17.0 Å². The fourth-order valence-electron chi connectivity index (χ4n) is 3.57. The summed E-state index contributed by atoms with van der Waals surface area (Å²) >= 11 is 1.37. The number of anilines is 1. The number of methoxy groups -OCH3 is 1. The van der Waals surface area contributed by atoms with Crippen molar-refractivity contribution >= 4 is 32.4 Å². The maximum absolute atomic E-state index is 12.8. The number of ether oxygens (including phenoxy) is 1. The van der Waals surface area contributed by atoms with E-state index in [2.05, 4.69) is 10.3 Å². The quantitative estimate of drug-likeness (QED) is 0.552. The Hall–Kier alpha value is -2.79. The number of nitrogens with one attached hydrogen (secondary N) is 1. The molecule has 0 bridgehead atoms. The summed E-state index contributed by atoms with van der Waals surface area (Å²) in [6.45, 7) is 3.80. The number of benzene rings is 2. The zero-order valence-electron chi connectivity index (χ0n) is 18.5. The van der Waals surface area contributed by atoms with E-state index in [9.17, 15) is 13.2 Å². The van der Waals surface area contributed by atoms with E-state index < -0.39 is 10.0 Å². The van der Waals surface area contributed by atoms with E-state index in [1.807, 2.05) is 41.5 Å². The molecule has 1 saturated heterocycles. The molecule has 4 rings (SSSR count). The highest BCUT2D eigenvalue weighted by atomic mass is 32.2. The fraction of sp³-hybridized carbons (Fsp3) is 0.304. The number of carbonyl (C=O) groups excluding carboxylic acids is 1. The molecule has 8 nitrogen and oxygen atoms in total. The SMILES string of the molecule is COc1ccc(-c2csc(NC(=O)CN3CCN(S(=O)(=O)c4ccc(C)cc4)CC3)n2)cc1. The summed E-state index contributed by atoms with van der Waals surface area (Å²) in [4.78, 5) is 19.3. The van der Waals surface area contributed by atoms with Crippen molar-refractivity contribution in [2.45, 2.75) is 11.8 Å². The summed E-state index contributed by atoms with van der Waals surface area (Å²) in [5, 5.41) is 5.27. The van der Waals surface area contributed by atoms with Gasteiger partial charge in [-0.05, 0) is 43.3 Å². The minimum Gasteiger partial charge on any atom is -0.497 e. The number of amides is 1. The summed E-state index contributed by atoms with van der Waals surface area (Å²) in [5.41, 5.74) is 2.74. The van der Waals surface area contributed by atoms with Gasteiger partial charge in [0.1, 0.15) is 5.75 Å². The summed E-state index contributed by atoms with van der Waals surface area (Å²) in [5.74, 6) is 0.606. The number of carbonyl (C=O) groups is 1. The van der Waals surface area contributed by atoms with Crippen molar-refractivity contribution < 1.29 is 17.9 Å². The molecular weight excluding hydrogens is 460 g/mol. The van der Waals surface area contributed by atoms with Gasteiger partial charge < -0.3 is 10.1 Å². The second-order valence-electron chi connectivity index (χ2n) is 7.81. The molecule has 33 heavy (non-hydrogen) atoms. The van der Waals surface area contributed by atoms with E-state index in [1.165, 1.54) is 15.6 Å². The predicted octanol–water partition coefficient (Wildman–Crippen LogP) is 3.07. The summed E-state index contributed by atoms with van der Waals surface area (Å²) in [6.07, 6.45) is 0. The average Bonchev–Trinajstić information content (AvgIpc) is 3.28. The molecule has 1 fully saturated rings. The monoisotopic (exact) mass is 486 g/mol. The third-order valence-corrected chi connectivity index (χ3v) is 8.16. The predicted molar refractivity (Wildman–Crippen MR) is 129 cm³/mol. The van der Waals surface area contributed by atoms with Gasteiger partial charge in [0.2, 0.25) is 15.9 Å². The van der Waals surface area contributed by atoms with Crippen LogP contribution in [0.4, 0.5) is 5.13 Å². The highest BCUT2D eigenvalue weighted by Gasteiger charge is 2.29. The van der Waals surface area contributed by atoms with Gasteiger partial charge in [0.05, 0.1) is 24.2 Å². The Balaban J connectivity index is 1.29. The first-order valence-corrected chi connectivity index (χ1v) is 12.9. The van der Waals surface area contributed by atoms with Gasteiger partial charge in [0.15, 0.2) is 5.13 Å². The van der Waals surface area contributed by atoms with Crippen molar-refractivity contribution in [3.05, 3.63) is 59.5 Å². The fourth-order valence-corrected chi connectivity index (χ4v) is 5.73. The molecule has 0 aliphatic carbocycles. The van der Waals surface area contributed by atoms with Crippen molar-refractivity contribution in [1.82, 2.24) is 14.2 Å². The molecule has 0 unspecified atom stereocenters. The van der Waals surface area contributed by atoms with Crippen LogP contribution in [0.3, 0.4) is 0 Å². The molecule has 1 aliphatic rings. The normalized spacial score (nSPS) is 15.3. The molecule has 0 spiro atoms. The lowest BCUT2D eigenvalue weighted by molar-refractivity contribution is -0.117. The van der Waals surface area contributed by atoms with Crippen LogP contribution in [-0.2, 0) is 14.8 Å². The second kappa shape index (κ2) is 10.0. The number of sulfonamides is 1. The molecule has 0 radical (unpaired) electrons. The largest absolute Gasteiger partial charge is 0.497 e. The molecule has 2 aromatic carbocycles. The minimum absolute atomic E-state index is 0.166. The summed E-state index contributed by atoms with van der Waals surface area (Å²) < 4.78 is 32.3. The first kappa shape index (κ1) is 23.4. The van der Waals surface area contributed by atoms with Gasteiger partial charge in [-0.15, -0.1) is 11.3 Å². The van der Waals surface area contributed by atoms with E-state index in [-0.39, 0.29) is 12.5 Å². The van der Waals surface area contributed by atoms with Crippen LogP contribution in [0.25, 0.3) is 11.3 Å². The van der Waals surface area contributed by atoms with Gasteiger partial charge in [-0.3, -0.25) is 9.69 Å². The van der Waals surface area contributed by atoms with Crippen molar-refractivity contribution in [2.24, 2.45) is 0 Å². The topological polar surface area (TPSA) is 91.8 Å². The molecular formula is C23H26N4O4S2. The minimum atomic E-state index is -3.52. The molecule has 10 heteroatoms. The summed E-state index contributed by atoms with van der Waals surface area (Å²) in [7, 11) is -1.90. The Kier molecular flexibility index (Phi) is 7.08. The van der Waals surface area contributed by atoms with Crippen LogP contribution in [0.15, 0.2) is 58.8 Å². The van der Waals surface area contributed by atoms with Crippen LogP contribution in [0.1, 0.15) is 5.56 Å². The maximum Gasteiger partial charge on any atom is 0.243 e. The third kappa shape index (κ3) is 5.59. The first-order chi connectivity index (χ1) is 15.8. The number of nitrogens with zero attached hydrogens (tertiary/aromatic N) is 3. The molecule has 0 atom stereocenters. The Morgan fingerprint density at radius 1 is 1.06 bits per heavy atom. The van der Waals surface area contributed by atoms with Crippen molar-refractivity contribution in [2.75, 3.05) is 45.2 Å². The van der Waals surface area contributed by atoms with Gasteiger partial charge in [-0.1, -0.05) is 17.7 Å². The van der Waals surface area contributed by atoms with E-state index in [1.54, 1.807) is 31.4 Å². The van der Waals surface area contributed by atoms with Crippen LogP contribution in [-0.4, -0.2) is 68.3 Å². The third-order valence-electron chi connectivity index (χ3n) is 5.49. The maximum atomic E-state index is 12.8. The van der Waals surface area contributed by atoms with E-state index in [0.29, 0.717) is 36.2 Å². The Morgan fingerprint density at radius 3 is 2.36 bits per heavy atom. The molecule has 1 amide bonds. The molecule has 2 heterocycles. The number of aryl methyl sites for hydroxylation is 1. The molecule has 174 valence electrons. The highest BCUT2D eigenvalue weighted by Crippen LogP contribution is 2.26. The molecule has 1 aliphatic heterocycles. The van der Waals surface area contributed by atoms with Gasteiger partial charge >= 0.3 is 0 Å². The van der Waals surface area contributed by atoms with Crippen LogP contribution in [0, 0.1) is 6.92 Å². The van der Waals surface area contributed by atoms with Gasteiger partial charge in [-0.2, -0.15) is 4.31 Å². The number of rotatable bonds is 7. The lowest BCUT2D eigenvalue weighted by Gasteiger charge is -2.33.